The molecule has 0 aromatic heterocycles. The Labute approximate surface area is 145 Å². The summed E-state index contributed by atoms with van der Waals surface area (Å²) >= 11 is 6.21. The second-order valence-electron chi connectivity index (χ2n) is 5.57. The highest BCUT2D eigenvalue weighted by molar-refractivity contribution is 6.33. The number of ether oxygens (including phenoxy) is 1. The molecule has 0 bridgehead atoms. The maximum absolute atomic E-state index is 12.0. The fraction of sp³-hybridized carbons (Fsp3) is 0.100. The van der Waals surface area contributed by atoms with Gasteiger partial charge in [-0.2, -0.15) is 0 Å². The number of aliphatic imine (C=N–C) groups is 1. The summed E-state index contributed by atoms with van der Waals surface area (Å²) in [5.74, 6) is -0.193. The van der Waals surface area contributed by atoms with Crippen LogP contribution in [0.5, 0.6) is 0 Å². The summed E-state index contributed by atoms with van der Waals surface area (Å²) in [6.45, 7) is 4.04. The molecule has 2 aromatic rings. The smallest absolute Gasteiger partial charge is 0.363 e. The van der Waals surface area contributed by atoms with Crippen LogP contribution in [0.4, 0.5) is 0 Å². The molecule has 0 N–H and O–H groups in total. The molecule has 3 nitrogen and oxygen atoms in total. The largest absolute Gasteiger partial charge is 0.402 e. The highest BCUT2D eigenvalue weighted by Crippen LogP contribution is 2.21. The van der Waals surface area contributed by atoms with Crippen molar-refractivity contribution in [3.8, 4) is 0 Å². The first-order valence-corrected chi connectivity index (χ1v) is 7.93. The quantitative estimate of drug-likeness (QED) is 0.597. The summed E-state index contributed by atoms with van der Waals surface area (Å²) in [7, 11) is 0. The molecular formula is C20H16ClNO2. The maximum Gasteiger partial charge on any atom is 0.363 e. The van der Waals surface area contributed by atoms with Crippen LogP contribution in [0.25, 0.3) is 6.08 Å². The molecule has 3 rings (SSSR count). The molecule has 0 saturated heterocycles. The van der Waals surface area contributed by atoms with E-state index in [9.17, 15) is 4.79 Å². The predicted molar refractivity (Wildman–Crippen MR) is 96.9 cm³/mol. The molecule has 1 aliphatic rings. The van der Waals surface area contributed by atoms with E-state index >= 15 is 0 Å². The lowest BCUT2D eigenvalue weighted by atomic mass is 10.1. The van der Waals surface area contributed by atoms with Gasteiger partial charge >= 0.3 is 5.97 Å². The Hall–Kier alpha value is -2.65. The van der Waals surface area contributed by atoms with E-state index in [1.165, 1.54) is 11.6 Å². The van der Waals surface area contributed by atoms with Crippen molar-refractivity contribution in [3.05, 3.63) is 87.6 Å². The van der Waals surface area contributed by atoms with E-state index in [2.05, 4.69) is 4.99 Å². The Bertz CT molecular complexity index is 880. The third kappa shape index (κ3) is 3.63. The number of benzene rings is 2. The lowest BCUT2D eigenvalue weighted by Gasteiger charge is -2.03. The molecule has 1 heterocycles. The number of hydrogen-bond donors (Lipinski definition) is 0. The maximum atomic E-state index is 12.0. The molecule has 24 heavy (non-hydrogen) atoms. The highest BCUT2D eigenvalue weighted by atomic mass is 35.5. The van der Waals surface area contributed by atoms with Gasteiger partial charge in [0.2, 0.25) is 5.90 Å². The second-order valence-corrected chi connectivity index (χ2v) is 6.01. The van der Waals surface area contributed by atoms with Crippen molar-refractivity contribution in [1.29, 1.82) is 0 Å². The van der Waals surface area contributed by atoms with Crippen LogP contribution in [-0.4, -0.2) is 11.9 Å². The zero-order chi connectivity index (χ0) is 17.1. The molecule has 0 fully saturated rings. The van der Waals surface area contributed by atoms with E-state index in [4.69, 9.17) is 16.3 Å². The summed E-state index contributed by atoms with van der Waals surface area (Å²) in [4.78, 5) is 16.3. The summed E-state index contributed by atoms with van der Waals surface area (Å²) in [5.41, 5.74) is 4.21. The summed E-state index contributed by atoms with van der Waals surface area (Å²) in [6, 6.07) is 15.4. The second kappa shape index (κ2) is 6.85. The monoisotopic (exact) mass is 337 g/mol. The number of cyclic esters (lactones) is 1. The van der Waals surface area contributed by atoms with Crippen LogP contribution >= 0.6 is 11.6 Å². The Balaban J connectivity index is 1.88. The SMILES string of the molecule is Cc1ccc(C2=N/C(=C\C(Cl)=C\c3ccccc3)C(=O)O2)cc1C. The summed E-state index contributed by atoms with van der Waals surface area (Å²) in [6.07, 6.45) is 3.29. The van der Waals surface area contributed by atoms with Crippen molar-refractivity contribution in [2.24, 2.45) is 4.99 Å². The van der Waals surface area contributed by atoms with Crippen molar-refractivity contribution < 1.29 is 9.53 Å². The van der Waals surface area contributed by atoms with Crippen molar-refractivity contribution >= 4 is 29.5 Å². The van der Waals surface area contributed by atoms with E-state index < -0.39 is 5.97 Å². The molecule has 0 atom stereocenters. The van der Waals surface area contributed by atoms with Crippen LogP contribution in [0.3, 0.4) is 0 Å². The predicted octanol–water partition coefficient (Wildman–Crippen LogP) is 4.77. The van der Waals surface area contributed by atoms with Crippen LogP contribution in [-0.2, 0) is 9.53 Å². The van der Waals surface area contributed by atoms with Crippen molar-refractivity contribution in [3.63, 3.8) is 0 Å². The third-order valence-corrected chi connectivity index (χ3v) is 3.97. The fourth-order valence-corrected chi connectivity index (χ4v) is 2.52. The zero-order valence-corrected chi connectivity index (χ0v) is 14.2. The molecular weight excluding hydrogens is 322 g/mol. The van der Waals surface area contributed by atoms with E-state index in [0.717, 1.165) is 16.7 Å². The molecule has 2 aromatic carbocycles. The number of esters is 1. The van der Waals surface area contributed by atoms with Crippen LogP contribution in [0.15, 0.2) is 70.3 Å². The number of rotatable bonds is 3. The Morgan fingerprint density at radius 1 is 1.08 bits per heavy atom. The topological polar surface area (TPSA) is 38.7 Å². The van der Waals surface area contributed by atoms with Gasteiger partial charge in [-0.25, -0.2) is 9.79 Å². The summed E-state index contributed by atoms with van der Waals surface area (Å²) < 4.78 is 5.26. The van der Waals surface area contributed by atoms with Gasteiger partial charge in [-0.15, -0.1) is 0 Å². The number of nitrogens with zero attached hydrogens (tertiary/aromatic N) is 1. The Morgan fingerprint density at radius 2 is 1.83 bits per heavy atom. The molecule has 0 saturated carbocycles. The van der Waals surface area contributed by atoms with Gasteiger partial charge in [0.05, 0.1) is 0 Å². The van der Waals surface area contributed by atoms with E-state index in [1.807, 2.05) is 62.4 Å². The molecule has 0 radical (unpaired) electrons. The van der Waals surface area contributed by atoms with Gasteiger partial charge < -0.3 is 4.74 Å². The van der Waals surface area contributed by atoms with Gasteiger partial charge in [0, 0.05) is 10.6 Å². The standard InChI is InChI=1S/C20H16ClNO2/c1-13-8-9-16(10-14(13)2)19-22-18(20(23)24-19)12-17(21)11-15-6-4-3-5-7-15/h3-12H,1-2H3/b17-11-,18-12-. The zero-order valence-electron chi connectivity index (χ0n) is 13.4. The fourth-order valence-electron chi connectivity index (χ4n) is 2.29. The normalized spacial score (nSPS) is 16.3. The van der Waals surface area contributed by atoms with Crippen molar-refractivity contribution in [2.75, 3.05) is 0 Å². The number of halogens is 1. The van der Waals surface area contributed by atoms with Gasteiger partial charge in [0.15, 0.2) is 5.70 Å². The molecule has 120 valence electrons. The highest BCUT2D eigenvalue weighted by Gasteiger charge is 2.24. The average Bonchev–Trinajstić information content (AvgIpc) is 2.92. The minimum absolute atomic E-state index is 0.195. The number of hydrogen-bond acceptors (Lipinski definition) is 3. The first kappa shape index (κ1) is 16.2. The van der Waals surface area contributed by atoms with E-state index in [-0.39, 0.29) is 5.70 Å². The lowest BCUT2D eigenvalue weighted by molar-refractivity contribution is -0.130. The Kier molecular flexibility index (Phi) is 4.63. The van der Waals surface area contributed by atoms with Gasteiger partial charge in [-0.3, -0.25) is 0 Å². The lowest BCUT2D eigenvalue weighted by Crippen LogP contribution is -2.05. The van der Waals surface area contributed by atoms with Crippen molar-refractivity contribution in [2.45, 2.75) is 13.8 Å². The minimum Gasteiger partial charge on any atom is -0.402 e. The molecule has 4 heteroatoms. The van der Waals surface area contributed by atoms with Crippen LogP contribution < -0.4 is 0 Å². The molecule has 0 unspecified atom stereocenters. The minimum atomic E-state index is -0.497. The third-order valence-electron chi connectivity index (χ3n) is 3.75. The number of allylic oxidation sites excluding steroid dienone is 2. The first-order chi connectivity index (χ1) is 11.5. The molecule has 1 aliphatic heterocycles. The molecule has 0 aliphatic carbocycles. The summed E-state index contributed by atoms with van der Waals surface area (Å²) in [5, 5.41) is 0.415. The molecule has 0 amide bonds. The van der Waals surface area contributed by atoms with Crippen LogP contribution in [0, 0.1) is 13.8 Å². The number of carbonyl (C=O) groups is 1. The van der Waals surface area contributed by atoms with Crippen molar-refractivity contribution in [1.82, 2.24) is 0 Å². The van der Waals surface area contributed by atoms with Gasteiger partial charge in [0.25, 0.3) is 0 Å². The number of carbonyl (C=O) groups excluding carboxylic acids is 1. The van der Waals surface area contributed by atoms with Gasteiger partial charge in [-0.1, -0.05) is 48.0 Å². The average molecular weight is 338 g/mol. The first-order valence-electron chi connectivity index (χ1n) is 7.55. The van der Waals surface area contributed by atoms with E-state index in [1.54, 1.807) is 6.08 Å². The Morgan fingerprint density at radius 3 is 2.54 bits per heavy atom. The van der Waals surface area contributed by atoms with Gasteiger partial charge in [-0.05, 0) is 54.8 Å². The van der Waals surface area contributed by atoms with Gasteiger partial charge in [0.1, 0.15) is 0 Å². The van der Waals surface area contributed by atoms with E-state index in [0.29, 0.717) is 10.9 Å². The molecule has 0 spiro atoms. The van der Waals surface area contributed by atoms with Crippen LogP contribution in [0.1, 0.15) is 22.3 Å². The van der Waals surface area contributed by atoms with Crippen LogP contribution in [0.2, 0.25) is 0 Å². The number of aryl methyl sites for hydroxylation is 2.